The van der Waals surface area contributed by atoms with E-state index < -0.39 is 7.12 Å². The molecule has 0 amide bonds. The van der Waals surface area contributed by atoms with Gasteiger partial charge in [-0.2, -0.15) is 0 Å². The molecule has 74 valence electrons. The molecule has 14 heavy (non-hydrogen) atoms. The molecule has 0 saturated heterocycles. The minimum absolute atomic E-state index is 0.106. The molecular weight excluding hydrogens is 179 g/mol. The van der Waals surface area contributed by atoms with Gasteiger partial charge in [0, 0.05) is 5.41 Å². The number of rotatable bonds is 3. The third-order valence-electron chi connectivity index (χ3n) is 2.95. The molecule has 2 rings (SSSR count). The van der Waals surface area contributed by atoms with E-state index in [0.29, 0.717) is 5.46 Å². The summed E-state index contributed by atoms with van der Waals surface area (Å²) in [7, 11) is -1.43. The Hall–Kier alpha value is -0.835. The molecule has 1 aliphatic rings. The van der Waals surface area contributed by atoms with E-state index in [0.717, 1.165) is 18.4 Å². The first kappa shape index (κ1) is 9.71. The van der Waals surface area contributed by atoms with Crippen LogP contribution in [0.4, 0.5) is 0 Å². The summed E-state index contributed by atoms with van der Waals surface area (Å²) >= 11 is 0. The second-order valence-electron chi connectivity index (χ2n) is 3.94. The van der Waals surface area contributed by atoms with E-state index in [-0.39, 0.29) is 12.0 Å². The first-order chi connectivity index (χ1) is 6.68. The third kappa shape index (κ3) is 1.56. The number of hydrogen-bond acceptors (Lipinski definition) is 3. The van der Waals surface area contributed by atoms with Gasteiger partial charge in [-0.25, -0.2) is 0 Å². The van der Waals surface area contributed by atoms with Crippen molar-refractivity contribution >= 4 is 12.6 Å². The Morgan fingerprint density at radius 2 is 2.00 bits per heavy atom. The van der Waals surface area contributed by atoms with Crippen molar-refractivity contribution in [2.75, 3.05) is 6.61 Å². The maximum Gasteiger partial charge on any atom is 0.488 e. The molecule has 1 aliphatic carbocycles. The zero-order valence-corrected chi connectivity index (χ0v) is 7.85. The molecule has 0 radical (unpaired) electrons. The molecule has 0 bridgehead atoms. The first-order valence-corrected chi connectivity index (χ1v) is 4.75. The summed E-state index contributed by atoms with van der Waals surface area (Å²) in [4.78, 5) is 0. The smallest absolute Gasteiger partial charge is 0.423 e. The standard InChI is InChI=1S/C10H13BO3/c12-7-10(4-5-10)8-2-1-3-9(6-8)11(13)14/h1-3,6,12-14H,4-5,7H2. The summed E-state index contributed by atoms with van der Waals surface area (Å²) in [5.74, 6) is 0. The van der Waals surface area contributed by atoms with Crippen LogP contribution in [0.1, 0.15) is 18.4 Å². The highest BCUT2D eigenvalue weighted by atomic mass is 16.4. The Kier molecular flexibility index (Phi) is 2.35. The average molecular weight is 192 g/mol. The van der Waals surface area contributed by atoms with Gasteiger partial charge in [0.1, 0.15) is 0 Å². The fourth-order valence-electron chi connectivity index (χ4n) is 1.72. The molecule has 1 aromatic rings. The number of benzene rings is 1. The molecule has 3 N–H and O–H groups in total. The second kappa shape index (κ2) is 3.39. The van der Waals surface area contributed by atoms with Crippen molar-refractivity contribution in [3.63, 3.8) is 0 Å². The lowest BCUT2D eigenvalue weighted by Gasteiger charge is -2.13. The summed E-state index contributed by atoms with van der Waals surface area (Å²) < 4.78 is 0. The Balaban J connectivity index is 2.31. The van der Waals surface area contributed by atoms with Gasteiger partial charge in [0.15, 0.2) is 0 Å². The van der Waals surface area contributed by atoms with Crippen LogP contribution in [0.15, 0.2) is 24.3 Å². The fourth-order valence-corrected chi connectivity index (χ4v) is 1.72. The number of aliphatic hydroxyl groups excluding tert-OH is 1. The third-order valence-corrected chi connectivity index (χ3v) is 2.95. The van der Waals surface area contributed by atoms with Crippen LogP contribution in [0.2, 0.25) is 0 Å². The van der Waals surface area contributed by atoms with Crippen LogP contribution in [-0.4, -0.2) is 28.9 Å². The minimum Gasteiger partial charge on any atom is -0.423 e. The van der Waals surface area contributed by atoms with Crippen LogP contribution >= 0.6 is 0 Å². The van der Waals surface area contributed by atoms with E-state index in [4.69, 9.17) is 10.0 Å². The normalized spacial score (nSPS) is 17.9. The van der Waals surface area contributed by atoms with Crippen LogP contribution in [0, 0.1) is 0 Å². The quantitative estimate of drug-likeness (QED) is 0.560. The van der Waals surface area contributed by atoms with Gasteiger partial charge in [0.2, 0.25) is 0 Å². The van der Waals surface area contributed by atoms with E-state index in [2.05, 4.69) is 0 Å². The molecule has 4 heteroatoms. The highest BCUT2D eigenvalue weighted by Gasteiger charge is 2.43. The van der Waals surface area contributed by atoms with Gasteiger partial charge in [-0.15, -0.1) is 0 Å². The number of hydrogen-bond donors (Lipinski definition) is 3. The maximum absolute atomic E-state index is 9.21. The van der Waals surface area contributed by atoms with Gasteiger partial charge < -0.3 is 15.2 Å². The van der Waals surface area contributed by atoms with E-state index in [1.165, 1.54) is 0 Å². The molecule has 0 unspecified atom stereocenters. The molecule has 3 nitrogen and oxygen atoms in total. The topological polar surface area (TPSA) is 60.7 Å². The van der Waals surface area contributed by atoms with Gasteiger partial charge in [-0.05, 0) is 23.9 Å². The average Bonchev–Trinajstić information content (AvgIpc) is 2.98. The van der Waals surface area contributed by atoms with E-state index >= 15 is 0 Å². The second-order valence-corrected chi connectivity index (χ2v) is 3.94. The molecule has 0 atom stereocenters. The van der Waals surface area contributed by atoms with Crippen molar-refractivity contribution in [2.24, 2.45) is 0 Å². The highest BCUT2D eigenvalue weighted by molar-refractivity contribution is 6.58. The lowest BCUT2D eigenvalue weighted by atomic mass is 9.78. The molecule has 0 aliphatic heterocycles. The Bertz CT molecular complexity index is 334. The monoisotopic (exact) mass is 192 g/mol. The lowest BCUT2D eigenvalue weighted by molar-refractivity contribution is 0.255. The Morgan fingerprint density at radius 3 is 2.50 bits per heavy atom. The lowest BCUT2D eigenvalue weighted by Crippen LogP contribution is -2.30. The van der Waals surface area contributed by atoms with E-state index in [9.17, 15) is 5.11 Å². The molecule has 0 spiro atoms. The molecule has 0 aromatic heterocycles. The van der Waals surface area contributed by atoms with Crippen LogP contribution in [0.25, 0.3) is 0 Å². The van der Waals surface area contributed by atoms with E-state index in [1.54, 1.807) is 18.2 Å². The summed E-state index contributed by atoms with van der Waals surface area (Å²) in [6.45, 7) is 0.137. The summed E-state index contributed by atoms with van der Waals surface area (Å²) in [5.41, 5.74) is 1.39. The largest absolute Gasteiger partial charge is 0.488 e. The molecule has 1 saturated carbocycles. The number of aliphatic hydroxyl groups is 1. The predicted molar refractivity (Wildman–Crippen MR) is 54.3 cm³/mol. The van der Waals surface area contributed by atoms with Crippen molar-refractivity contribution in [3.8, 4) is 0 Å². The minimum atomic E-state index is -1.43. The predicted octanol–water partition coefficient (Wildman–Crippen LogP) is -0.610. The van der Waals surface area contributed by atoms with Gasteiger partial charge in [-0.3, -0.25) is 0 Å². The van der Waals surface area contributed by atoms with Crippen molar-refractivity contribution < 1.29 is 15.2 Å². The van der Waals surface area contributed by atoms with Crippen LogP contribution < -0.4 is 5.46 Å². The van der Waals surface area contributed by atoms with Gasteiger partial charge in [-0.1, -0.05) is 24.3 Å². The van der Waals surface area contributed by atoms with Gasteiger partial charge in [0.05, 0.1) is 6.61 Å². The SMILES string of the molecule is OCC1(c2cccc(B(O)O)c2)CC1. The van der Waals surface area contributed by atoms with Crippen molar-refractivity contribution in [3.05, 3.63) is 29.8 Å². The molecular formula is C10H13BO3. The van der Waals surface area contributed by atoms with E-state index in [1.807, 2.05) is 6.07 Å². The summed E-state index contributed by atoms with van der Waals surface area (Å²) in [6, 6.07) is 7.14. The highest BCUT2D eigenvalue weighted by Crippen LogP contribution is 2.47. The van der Waals surface area contributed by atoms with Crippen LogP contribution in [0.5, 0.6) is 0 Å². The molecule has 0 heterocycles. The maximum atomic E-state index is 9.21. The fraction of sp³-hybridized carbons (Fsp3) is 0.400. The van der Waals surface area contributed by atoms with Gasteiger partial charge >= 0.3 is 7.12 Å². The molecule has 1 aromatic carbocycles. The summed E-state index contributed by atoms with van der Waals surface area (Å²) in [5, 5.41) is 27.2. The van der Waals surface area contributed by atoms with Crippen LogP contribution in [0.3, 0.4) is 0 Å². The first-order valence-electron chi connectivity index (χ1n) is 4.75. The zero-order chi connectivity index (χ0) is 10.2. The Labute approximate surface area is 83.2 Å². The zero-order valence-electron chi connectivity index (χ0n) is 7.85. The molecule has 1 fully saturated rings. The van der Waals surface area contributed by atoms with Crippen molar-refractivity contribution in [2.45, 2.75) is 18.3 Å². The Morgan fingerprint density at radius 1 is 1.29 bits per heavy atom. The van der Waals surface area contributed by atoms with Gasteiger partial charge in [0.25, 0.3) is 0 Å². The van der Waals surface area contributed by atoms with Crippen LogP contribution in [-0.2, 0) is 5.41 Å². The van der Waals surface area contributed by atoms with Crippen molar-refractivity contribution in [1.29, 1.82) is 0 Å². The summed E-state index contributed by atoms with van der Waals surface area (Å²) in [6.07, 6.45) is 1.96. The van der Waals surface area contributed by atoms with Crippen molar-refractivity contribution in [1.82, 2.24) is 0 Å².